The highest BCUT2D eigenvalue weighted by Crippen LogP contribution is 2.38. The summed E-state index contributed by atoms with van der Waals surface area (Å²) in [5.41, 5.74) is -0.455. The van der Waals surface area contributed by atoms with Crippen LogP contribution < -0.4 is 0 Å². The van der Waals surface area contributed by atoms with Crippen LogP contribution >= 0.6 is 0 Å². The molecule has 88 valence electrons. The first-order valence-corrected chi connectivity index (χ1v) is 6.23. The molecule has 1 rings (SSSR count). The van der Waals surface area contributed by atoms with Gasteiger partial charge in [-0.05, 0) is 32.3 Å². The maximum Gasteiger partial charge on any atom is 0.0845 e. The second-order valence-corrected chi connectivity index (χ2v) is 4.49. The minimum atomic E-state index is -0.455. The molecule has 0 aromatic heterocycles. The lowest BCUT2D eigenvalue weighted by Gasteiger charge is -2.30. The van der Waals surface area contributed by atoms with Crippen molar-refractivity contribution in [2.24, 2.45) is 5.92 Å². The summed E-state index contributed by atoms with van der Waals surface area (Å²) in [7, 11) is 0. The van der Waals surface area contributed by atoms with Crippen LogP contribution in [-0.4, -0.2) is 17.3 Å². The van der Waals surface area contributed by atoms with Gasteiger partial charge in [0.25, 0.3) is 0 Å². The van der Waals surface area contributed by atoms with Crippen molar-refractivity contribution in [1.82, 2.24) is 0 Å². The highest BCUT2D eigenvalue weighted by atomic mass is 16.5. The molecule has 2 heteroatoms. The topological polar surface area (TPSA) is 29.5 Å². The fourth-order valence-corrected chi connectivity index (χ4v) is 2.46. The minimum Gasteiger partial charge on any atom is -0.502 e. The van der Waals surface area contributed by atoms with Crippen molar-refractivity contribution in [3.8, 4) is 0 Å². The summed E-state index contributed by atoms with van der Waals surface area (Å²) < 4.78 is 5.22. The van der Waals surface area contributed by atoms with Crippen LogP contribution in [0.1, 0.15) is 52.4 Å². The molecule has 1 aliphatic rings. The average molecular weight is 212 g/mol. The molecule has 0 bridgehead atoms. The van der Waals surface area contributed by atoms with E-state index in [1.165, 1.54) is 12.8 Å². The van der Waals surface area contributed by atoms with E-state index in [-0.39, 0.29) is 5.92 Å². The smallest absolute Gasteiger partial charge is 0.0845 e. The molecule has 0 aromatic rings. The van der Waals surface area contributed by atoms with Crippen LogP contribution in [0.3, 0.4) is 0 Å². The summed E-state index contributed by atoms with van der Waals surface area (Å²) in [6, 6.07) is 0. The van der Waals surface area contributed by atoms with Gasteiger partial charge in [-0.25, -0.2) is 0 Å². The average Bonchev–Trinajstić information content (AvgIpc) is 2.65. The fourth-order valence-electron chi connectivity index (χ4n) is 2.46. The van der Waals surface area contributed by atoms with Crippen molar-refractivity contribution >= 4 is 0 Å². The highest BCUT2D eigenvalue weighted by molar-refractivity contribution is 4.99. The van der Waals surface area contributed by atoms with Crippen LogP contribution in [0.4, 0.5) is 0 Å². The molecule has 0 amide bonds. The maximum atomic E-state index is 10.5. The zero-order valence-electron chi connectivity index (χ0n) is 10.0. The number of hydrogen-bond donors (Lipinski definition) is 1. The summed E-state index contributed by atoms with van der Waals surface area (Å²) in [5, 5.41) is 10.5. The summed E-state index contributed by atoms with van der Waals surface area (Å²) in [6.45, 7) is 4.84. The third kappa shape index (κ3) is 3.53. The van der Waals surface area contributed by atoms with Gasteiger partial charge in [0.05, 0.1) is 18.5 Å². The van der Waals surface area contributed by atoms with E-state index in [0.29, 0.717) is 6.61 Å². The molecule has 1 fully saturated rings. The Morgan fingerprint density at radius 1 is 1.33 bits per heavy atom. The number of hydrogen-bond acceptors (Lipinski definition) is 2. The summed E-state index contributed by atoms with van der Waals surface area (Å²) >= 11 is 0. The van der Waals surface area contributed by atoms with Gasteiger partial charge in [0.2, 0.25) is 0 Å². The van der Waals surface area contributed by atoms with Gasteiger partial charge in [0, 0.05) is 5.92 Å². The van der Waals surface area contributed by atoms with E-state index < -0.39 is 5.60 Å². The van der Waals surface area contributed by atoms with Crippen molar-refractivity contribution in [1.29, 1.82) is 0 Å². The molecular formula is C13H24O2. The predicted octanol–water partition coefficient (Wildman–Crippen LogP) is 3.26. The van der Waals surface area contributed by atoms with Crippen LogP contribution in [0.25, 0.3) is 0 Å². The van der Waals surface area contributed by atoms with Crippen LogP contribution in [0.15, 0.2) is 12.3 Å². The van der Waals surface area contributed by atoms with E-state index in [4.69, 9.17) is 4.74 Å². The van der Waals surface area contributed by atoms with E-state index in [1.807, 2.05) is 6.92 Å². The lowest BCUT2D eigenvalue weighted by atomic mass is 9.83. The molecule has 15 heavy (non-hydrogen) atoms. The Bertz CT molecular complexity index is 193. The van der Waals surface area contributed by atoms with Gasteiger partial charge in [0.1, 0.15) is 0 Å². The van der Waals surface area contributed by atoms with Crippen LogP contribution in [0.2, 0.25) is 0 Å². The highest BCUT2D eigenvalue weighted by Gasteiger charge is 2.37. The van der Waals surface area contributed by atoms with Crippen molar-refractivity contribution in [2.75, 3.05) is 6.61 Å². The minimum absolute atomic E-state index is 0.275. The van der Waals surface area contributed by atoms with E-state index >= 15 is 0 Å². The summed E-state index contributed by atoms with van der Waals surface area (Å²) in [6.07, 6.45) is 10.2. The predicted molar refractivity (Wildman–Crippen MR) is 62.6 cm³/mol. The van der Waals surface area contributed by atoms with Crippen molar-refractivity contribution in [2.45, 2.75) is 58.0 Å². The SMILES string of the molecule is CCCC(C=COCC)C1(O)CCCC1. The van der Waals surface area contributed by atoms with Gasteiger partial charge in [0.15, 0.2) is 0 Å². The molecule has 0 spiro atoms. The van der Waals surface area contributed by atoms with Gasteiger partial charge >= 0.3 is 0 Å². The third-order valence-electron chi connectivity index (χ3n) is 3.33. The standard InChI is InChI=1S/C13H24O2/c1-3-7-12(8-11-15-4-2)13(14)9-5-6-10-13/h8,11-12,14H,3-7,9-10H2,1-2H3. The van der Waals surface area contributed by atoms with Gasteiger partial charge in [-0.3, -0.25) is 0 Å². The van der Waals surface area contributed by atoms with Crippen molar-refractivity contribution in [3.63, 3.8) is 0 Å². The fraction of sp³-hybridized carbons (Fsp3) is 0.846. The Morgan fingerprint density at radius 2 is 2.00 bits per heavy atom. The first kappa shape index (κ1) is 12.6. The zero-order valence-corrected chi connectivity index (χ0v) is 10.0. The lowest BCUT2D eigenvalue weighted by molar-refractivity contribution is 0.00203. The first-order chi connectivity index (χ1) is 7.23. The summed E-state index contributed by atoms with van der Waals surface area (Å²) in [5.74, 6) is 0.275. The maximum absolute atomic E-state index is 10.5. The van der Waals surface area contributed by atoms with Gasteiger partial charge in [-0.15, -0.1) is 0 Å². The molecule has 2 nitrogen and oxygen atoms in total. The van der Waals surface area contributed by atoms with Crippen molar-refractivity contribution in [3.05, 3.63) is 12.3 Å². The van der Waals surface area contributed by atoms with Crippen LogP contribution in [0, 0.1) is 5.92 Å². The first-order valence-electron chi connectivity index (χ1n) is 6.23. The van der Waals surface area contributed by atoms with Gasteiger partial charge in [-0.2, -0.15) is 0 Å². The monoisotopic (exact) mass is 212 g/mol. The molecule has 0 radical (unpaired) electrons. The number of rotatable bonds is 6. The third-order valence-corrected chi connectivity index (χ3v) is 3.33. The van der Waals surface area contributed by atoms with E-state index in [2.05, 4.69) is 13.0 Å². The van der Waals surface area contributed by atoms with E-state index in [1.54, 1.807) is 6.26 Å². The van der Waals surface area contributed by atoms with Crippen LogP contribution in [0.5, 0.6) is 0 Å². The Hall–Kier alpha value is -0.500. The van der Waals surface area contributed by atoms with E-state index in [9.17, 15) is 5.11 Å². The lowest BCUT2D eigenvalue weighted by Crippen LogP contribution is -2.33. The Labute approximate surface area is 93.3 Å². The zero-order chi connectivity index (χ0) is 11.1. The van der Waals surface area contributed by atoms with Gasteiger partial charge < -0.3 is 9.84 Å². The Balaban J connectivity index is 2.55. The summed E-state index contributed by atoms with van der Waals surface area (Å²) in [4.78, 5) is 0. The van der Waals surface area contributed by atoms with E-state index in [0.717, 1.165) is 25.7 Å². The molecule has 0 aromatic carbocycles. The second-order valence-electron chi connectivity index (χ2n) is 4.49. The molecule has 0 heterocycles. The Morgan fingerprint density at radius 3 is 2.53 bits per heavy atom. The largest absolute Gasteiger partial charge is 0.502 e. The molecule has 1 atom stereocenters. The molecular weight excluding hydrogens is 188 g/mol. The normalized spacial score (nSPS) is 22.1. The molecule has 1 aliphatic carbocycles. The molecule has 1 unspecified atom stereocenters. The van der Waals surface area contributed by atoms with Crippen molar-refractivity contribution < 1.29 is 9.84 Å². The molecule has 0 aliphatic heterocycles. The Kier molecular flexibility index (Phi) is 5.16. The molecule has 0 saturated heterocycles. The quantitative estimate of drug-likeness (QED) is 0.685. The number of aliphatic hydroxyl groups is 1. The molecule has 1 saturated carbocycles. The molecule has 1 N–H and O–H groups in total. The second kappa shape index (κ2) is 6.16. The van der Waals surface area contributed by atoms with Gasteiger partial charge in [-0.1, -0.05) is 26.2 Å². The number of ether oxygens (including phenoxy) is 1. The van der Waals surface area contributed by atoms with Crippen LogP contribution in [-0.2, 0) is 4.74 Å².